The Bertz CT molecular complexity index is 87.6. The Labute approximate surface area is 69.0 Å². The lowest BCUT2D eigenvalue weighted by Crippen LogP contribution is -2.30. The third-order valence-corrected chi connectivity index (χ3v) is 2.40. The highest BCUT2D eigenvalue weighted by atomic mass is 16.3. The van der Waals surface area contributed by atoms with E-state index in [9.17, 15) is 0 Å². The third kappa shape index (κ3) is 3.73. The van der Waals surface area contributed by atoms with Crippen LogP contribution in [0, 0.1) is 0 Å². The highest BCUT2D eigenvalue weighted by molar-refractivity contribution is 4.69. The molecule has 1 rings (SSSR count). The maximum atomic E-state index is 8.60. The molecule has 1 aliphatic carbocycles. The monoisotopic (exact) mass is 157 g/mol. The van der Waals surface area contributed by atoms with Crippen molar-refractivity contribution < 1.29 is 5.11 Å². The first-order chi connectivity index (χ1) is 5.43. The number of aliphatic hydroxyl groups is 1. The van der Waals surface area contributed by atoms with Crippen molar-refractivity contribution in [1.82, 2.24) is 5.32 Å². The third-order valence-electron chi connectivity index (χ3n) is 2.40. The molecule has 11 heavy (non-hydrogen) atoms. The molecule has 0 amide bonds. The predicted molar refractivity (Wildman–Crippen MR) is 46.6 cm³/mol. The summed E-state index contributed by atoms with van der Waals surface area (Å²) in [5.41, 5.74) is 0. The number of hydrogen-bond acceptors (Lipinski definition) is 2. The van der Waals surface area contributed by atoms with Crippen LogP contribution >= 0.6 is 0 Å². The van der Waals surface area contributed by atoms with E-state index in [0.717, 1.165) is 6.54 Å². The largest absolute Gasteiger partial charge is 0.395 e. The van der Waals surface area contributed by atoms with Gasteiger partial charge in [0.05, 0.1) is 6.61 Å². The topological polar surface area (TPSA) is 32.3 Å². The van der Waals surface area contributed by atoms with Crippen LogP contribution in [0.25, 0.3) is 0 Å². The molecule has 66 valence electrons. The van der Waals surface area contributed by atoms with E-state index in [2.05, 4.69) is 5.32 Å². The van der Waals surface area contributed by atoms with E-state index in [-0.39, 0.29) is 6.61 Å². The predicted octanol–water partition coefficient (Wildman–Crippen LogP) is 1.29. The lowest BCUT2D eigenvalue weighted by molar-refractivity contribution is 0.280. The summed E-state index contributed by atoms with van der Waals surface area (Å²) in [6, 6.07) is 0.685. The summed E-state index contributed by atoms with van der Waals surface area (Å²) < 4.78 is 0. The zero-order valence-corrected chi connectivity index (χ0v) is 7.18. The van der Waals surface area contributed by atoms with Gasteiger partial charge in [-0.25, -0.2) is 0 Å². The van der Waals surface area contributed by atoms with Crippen molar-refractivity contribution in [3.63, 3.8) is 0 Å². The average molecular weight is 157 g/mol. The van der Waals surface area contributed by atoms with E-state index in [0.29, 0.717) is 6.04 Å². The number of aliphatic hydroxyl groups excluding tert-OH is 1. The summed E-state index contributed by atoms with van der Waals surface area (Å²) in [5, 5.41) is 12.0. The summed E-state index contributed by atoms with van der Waals surface area (Å²) in [5.74, 6) is 0. The first kappa shape index (κ1) is 9.01. The molecule has 1 aliphatic rings. The Balaban J connectivity index is 2.09. The fourth-order valence-corrected chi connectivity index (χ4v) is 1.75. The van der Waals surface area contributed by atoms with Crippen LogP contribution in [-0.2, 0) is 0 Å². The second-order valence-electron chi connectivity index (χ2n) is 3.37. The van der Waals surface area contributed by atoms with E-state index >= 15 is 0 Å². The Morgan fingerprint density at radius 3 is 2.27 bits per heavy atom. The molecule has 0 saturated heterocycles. The normalized spacial score (nSPS) is 21.5. The highest BCUT2D eigenvalue weighted by Crippen LogP contribution is 2.16. The van der Waals surface area contributed by atoms with Gasteiger partial charge in [0.1, 0.15) is 0 Å². The molecule has 0 aliphatic heterocycles. The van der Waals surface area contributed by atoms with Crippen LogP contribution in [0.15, 0.2) is 0 Å². The van der Waals surface area contributed by atoms with Gasteiger partial charge < -0.3 is 10.4 Å². The molecule has 0 unspecified atom stereocenters. The smallest absolute Gasteiger partial charge is 0.0556 e. The molecular formula is C9H19NO. The maximum Gasteiger partial charge on any atom is 0.0556 e. The second kappa shape index (κ2) is 5.56. The quantitative estimate of drug-likeness (QED) is 0.605. The zero-order chi connectivity index (χ0) is 7.94. The number of nitrogens with one attached hydrogen (secondary N) is 1. The Morgan fingerprint density at radius 2 is 1.73 bits per heavy atom. The zero-order valence-electron chi connectivity index (χ0n) is 7.18. The van der Waals surface area contributed by atoms with E-state index in [1.807, 2.05) is 0 Å². The van der Waals surface area contributed by atoms with Crippen molar-refractivity contribution in [3.05, 3.63) is 0 Å². The van der Waals surface area contributed by atoms with Crippen molar-refractivity contribution in [1.29, 1.82) is 0 Å². The molecule has 2 nitrogen and oxygen atoms in total. The number of hydrogen-bond donors (Lipinski definition) is 2. The second-order valence-corrected chi connectivity index (χ2v) is 3.37. The summed E-state index contributed by atoms with van der Waals surface area (Å²) in [4.78, 5) is 0. The van der Waals surface area contributed by atoms with Crippen molar-refractivity contribution in [2.45, 2.75) is 44.6 Å². The van der Waals surface area contributed by atoms with E-state index in [1.165, 1.54) is 38.5 Å². The molecule has 0 atom stereocenters. The molecule has 0 spiro atoms. The summed E-state index contributed by atoms with van der Waals surface area (Å²) in [6.45, 7) is 1.04. The minimum Gasteiger partial charge on any atom is -0.395 e. The van der Waals surface area contributed by atoms with Gasteiger partial charge in [-0.2, -0.15) is 0 Å². The first-order valence-corrected chi connectivity index (χ1v) is 4.77. The van der Waals surface area contributed by atoms with Crippen LogP contribution < -0.4 is 5.32 Å². The SMILES string of the molecule is OCCNC1CCCCCC1. The van der Waals surface area contributed by atoms with Crippen LogP contribution in [0.4, 0.5) is 0 Å². The fraction of sp³-hybridized carbons (Fsp3) is 1.00. The van der Waals surface area contributed by atoms with Crippen molar-refractivity contribution >= 4 is 0 Å². The molecule has 0 bridgehead atoms. The van der Waals surface area contributed by atoms with Gasteiger partial charge in [-0.05, 0) is 12.8 Å². The van der Waals surface area contributed by atoms with Crippen molar-refractivity contribution in [2.75, 3.05) is 13.2 Å². The molecule has 1 saturated carbocycles. The minimum absolute atomic E-state index is 0.274. The Kier molecular flexibility index (Phi) is 4.55. The van der Waals surface area contributed by atoms with Gasteiger partial charge in [0.25, 0.3) is 0 Å². The van der Waals surface area contributed by atoms with E-state index in [4.69, 9.17) is 5.11 Å². The molecular weight excluding hydrogens is 138 g/mol. The van der Waals surface area contributed by atoms with Gasteiger partial charge in [-0.15, -0.1) is 0 Å². The fourth-order valence-electron chi connectivity index (χ4n) is 1.75. The molecule has 0 radical (unpaired) electrons. The van der Waals surface area contributed by atoms with Crippen LogP contribution in [0.3, 0.4) is 0 Å². The summed E-state index contributed by atoms with van der Waals surface area (Å²) in [6.07, 6.45) is 8.14. The van der Waals surface area contributed by atoms with Gasteiger partial charge >= 0.3 is 0 Å². The highest BCUT2D eigenvalue weighted by Gasteiger charge is 2.09. The molecule has 0 aromatic carbocycles. The molecule has 0 heterocycles. The van der Waals surface area contributed by atoms with Crippen LogP contribution in [0.5, 0.6) is 0 Å². The van der Waals surface area contributed by atoms with Crippen LogP contribution in [-0.4, -0.2) is 24.3 Å². The minimum atomic E-state index is 0.274. The van der Waals surface area contributed by atoms with Crippen LogP contribution in [0.1, 0.15) is 38.5 Å². The Morgan fingerprint density at radius 1 is 1.09 bits per heavy atom. The van der Waals surface area contributed by atoms with E-state index < -0.39 is 0 Å². The van der Waals surface area contributed by atoms with Crippen LogP contribution in [0.2, 0.25) is 0 Å². The van der Waals surface area contributed by atoms with E-state index in [1.54, 1.807) is 0 Å². The number of rotatable bonds is 3. The Hall–Kier alpha value is -0.0800. The summed E-state index contributed by atoms with van der Waals surface area (Å²) in [7, 11) is 0. The van der Waals surface area contributed by atoms with Gasteiger partial charge in [0.2, 0.25) is 0 Å². The van der Waals surface area contributed by atoms with Crippen molar-refractivity contribution in [2.24, 2.45) is 0 Å². The standard InChI is InChI=1S/C9H19NO/c11-8-7-10-9-5-3-1-2-4-6-9/h9-11H,1-8H2. The van der Waals surface area contributed by atoms with Gasteiger partial charge in [-0.3, -0.25) is 0 Å². The molecule has 2 N–H and O–H groups in total. The average Bonchev–Trinajstić information content (AvgIpc) is 2.28. The lowest BCUT2D eigenvalue weighted by Gasteiger charge is -2.14. The maximum absolute atomic E-state index is 8.60. The first-order valence-electron chi connectivity index (χ1n) is 4.77. The molecule has 2 heteroatoms. The van der Waals surface area contributed by atoms with Gasteiger partial charge in [0, 0.05) is 12.6 Å². The molecule has 1 fully saturated rings. The summed E-state index contributed by atoms with van der Waals surface area (Å²) >= 11 is 0. The lowest BCUT2D eigenvalue weighted by atomic mass is 10.1. The van der Waals surface area contributed by atoms with Gasteiger partial charge in [-0.1, -0.05) is 25.7 Å². The van der Waals surface area contributed by atoms with Crippen molar-refractivity contribution in [3.8, 4) is 0 Å². The molecule has 0 aromatic rings. The molecule has 0 aromatic heterocycles. The van der Waals surface area contributed by atoms with Gasteiger partial charge in [0.15, 0.2) is 0 Å².